The van der Waals surface area contributed by atoms with Crippen LogP contribution in [0.1, 0.15) is 29.4 Å². The highest BCUT2D eigenvalue weighted by atomic mass is 32.1. The number of hydrogen-bond acceptors (Lipinski definition) is 7. The number of nitrogens with two attached hydrogens (primary N) is 1. The average Bonchev–Trinajstić information content (AvgIpc) is 2.80. The van der Waals surface area contributed by atoms with Gasteiger partial charge in [0, 0.05) is 11.4 Å². The van der Waals surface area contributed by atoms with Gasteiger partial charge in [-0.2, -0.15) is 4.98 Å². The van der Waals surface area contributed by atoms with Gasteiger partial charge in [-0.3, -0.25) is 9.36 Å². The fourth-order valence-corrected chi connectivity index (χ4v) is 2.49. The molecule has 2 aromatic heterocycles. The second-order valence-corrected chi connectivity index (χ2v) is 5.72. The maximum atomic E-state index is 12.0. The van der Waals surface area contributed by atoms with Crippen LogP contribution in [0.4, 0.5) is 5.13 Å². The standard InChI is InChI=1S/C12H16N6O2S/c1-6-4-7(2)18(12(20)14-6)5-9(19)15-8(3)10-16-17-11(13)21-10/h4,8H,5H2,1-3H3,(H2,13,17)(H,15,19)/t8-/m1/s1. The van der Waals surface area contributed by atoms with E-state index < -0.39 is 5.69 Å². The number of amides is 1. The monoisotopic (exact) mass is 308 g/mol. The fourth-order valence-electron chi connectivity index (χ4n) is 1.88. The van der Waals surface area contributed by atoms with Crippen molar-refractivity contribution in [3.63, 3.8) is 0 Å². The summed E-state index contributed by atoms with van der Waals surface area (Å²) in [5.74, 6) is -0.299. The van der Waals surface area contributed by atoms with Gasteiger partial charge in [-0.05, 0) is 26.8 Å². The van der Waals surface area contributed by atoms with Crippen LogP contribution in [0.5, 0.6) is 0 Å². The zero-order valence-corrected chi connectivity index (χ0v) is 12.8. The molecule has 0 unspecified atom stereocenters. The first-order valence-electron chi connectivity index (χ1n) is 6.30. The molecule has 9 heteroatoms. The largest absolute Gasteiger partial charge is 0.374 e. The molecule has 1 amide bonds. The summed E-state index contributed by atoms with van der Waals surface area (Å²) >= 11 is 1.21. The Morgan fingerprint density at radius 2 is 2.19 bits per heavy atom. The van der Waals surface area contributed by atoms with E-state index in [0.29, 0.717) is 21.5 Å². The lowest BCUT2D eigenvalue weighted by molar-refractivity contribution is -0.122. The van der Waals surface area contributed by atoms with Crippen LogP contribution in [0.3, 0.4) is 0 Å². The molecule has 2 aromatic rings. The van der Waals surface area contributed by atoms with Crippen molar-refractivity contribution in [2.24, 2.45) is 0 Å². The molecule has 0 aromatic carbocycles. The minimum Gasteiger partial charge on any atom is -0.374 e. The Hall–Kier alpha value is -2.29. The third-order valence-corrected chi connectivity index (χ3v) is 3.79. The molecule has 0 fully saturated rings. The van der Waals surface area contributed by atoms with Gasteiger partial charge < -0.3 is 11.1 Å². The highest BCUT2D eigenvalue weighted by molar-refractivity contribution is 7.15. The van der Waals surface area contributed by atoms with Crippen LogP contribution in [0, 0.1) is 13.8 Å². The topological polar surface area (TPSA) is 116 Å². The van der Waals surface area contributed by atoms with Gasteiger partial charge >= 0.3 is 5.69 Å². The van der Waals surface area contributed by atoms with Crippen LogP contribution in [0.15, 0.2) is 10.9 Å². The van der Waals surface area contributed by atoms with Gasteiger partial charge in [-0.15, -0.1) is 10.2 Å². The Bertz CT molecular complexity index is 723. The number of hydrogen-bond donors (Lipinski definition) is 2. The minimum atomic E-state index is -0.435. The fraction of sp³-hybridized carbons (Fsp3) is 0.417. The normalized spacial score (nSPS) is 12.1. The van der Waals surface area contributed by atoms with Gasteiger partial charge in [0.2, 0.25) is 11.0 Å². The van der Waals surface area contributed by atoms with Gasteiger partial charge in [-0.1, -0.05) is 11.3 Å². The number of carbonyl (C=O) groups is 1. The van der Waals surface area contributed by atoms with Crippen molar-refractivity contribution in [3.05, 3.63) is 32.9 Å². The third kappa shape index (κ3) is 3.63. The molecule has 0 saturated heterocycles. The van der Waals surface area contributed by atoms with Crippen molar-refractivity contribution in [2.75, 3.05) is 5.73 Å². The molecule has 21 heavy (non-hydrogen) atoms. The SMILES string of the molecule is Cc1cc(C)n(CC(=O)N[C@H](C)c2nnc(N)s2)c(=O)n1. The van der Waals surface area contributed by atoms with Crippen LogP contribution < -0.4 is 16.7 Å². The van der Waals surface area contributed by atoms with E-state index in [1.165, 1.54) is 15.9 Å². The molecular weight excluding hydrogens is 292 g/mol. The Balaban J connectivity index is 2.07. The number of aromatic nitrogens is 4. The molecule has 0 aliphatic carbocycles. The molecule has 0 saturated carbocycles. The summed E-state index contributed by atoms with van der Waals surface area (Å²) in [6.45, 7) is 5.19. The summed E-state index contributed by atoms with van der Waals surface area (Å²) in [4.78, 5) is 27.6. The van der Waals surface area contributed by atoms with Gasteiger partial charge in [0.05, 0.1) is 6.04 Å². The molecule has 0 bridgehead atoms. The highest BCUT2D eigenvalue weighted by Crippen LogP contribution is 2.18. The molecule has 2 heterocycles. The lowest BCUT2D eigenvalue weighted by Gasteiger charge is -2.13. The number of carbonyl (C=O) groups excluding carboxylic acids is 1. The minimum absolute atomic E-state index is 0.0867. The molecule has 1 atom stereocenters. The van der Waals surface area contributed by atoms with Crippen LogP contribution in [0.25, 0.3) is 0 Å². The second kappa shape index (κ2) is 6.00. The Morgan fingerprint density at radius 1 is 1.48 bits per heavy atom. The second-order valence-electron chi connectivity index (χ2n) is 4.68. The molecule has 0 aliphatic heterocycles. The third-order valence-electron chi connectivity index (χ3n) is 2.85. The number of rotatable bonds is 4. The predicted octanol–water partition coefficient (Wildman–Crippen LogP) is 0.171. The first kappa shape index (κ1) is 15.1. The van der Waals surface area contributed by atoms with E-state index in [1.807, 2.05) is 0 Å². The first-order valence-corrected chi connectivity index (χ1v) is 7.12. The zero-order valence-electron chi connectivity index (χ0n) is 12.0. The first-order chi connectivity index (χ1) is 9.86. The van der Waals surface area contributed by atoms with Crippen molar-refractivity contribution in [2.45, 2.75) is 33.4 Å². The van der Waals surface area contributed by atoms with E-state index in [0.717, 1.165) is 0 Å². The van der Waals surface area contributed by atoms with Crippen LogP contribution >= 0.6 is 11.3 Å². The molecule has 3 N–H and O–H groups in total. The maximum Gasteiger partial charge on any atom is 0.348 e. The van der Waals surface area contributed by atoms with Crippen molar-refractivity contribution >= 4 is 22.4 Å². The predicted molar refractivity (Wildman–Crippen MR) is 78.9 cm³/mol. The van der Waals surface area contributed by atoms with Gasteiger partial charge in [-0.25, -0.2) is 4.79 Å². The van der Waals surface area contributed by atoms with Crippen LogP contribution in [-0.2, 0) is 11.3 Å². The Labute approximate surface area is 125 Å². The number of nitrogen functional groups attached to an aromatic ring is 1. The van der Waals surface area contributed by atoms with Crippen LogP contribution in [-0.4, -0.2) is 25.7 Å². The Kier molecular flexibility index (Phi) is 4.32. The summed E-state index contributed by atoms with van der Waals surface area (Å²) in [6, 6.07) is 1.44. The number of nitrogens with zero attached hydrogens (tertiary/aromatic N) is 4. The van der Waals surface area contributed by atoms with Crippen molar-refractivity contribution in [1.82, 2.24) is 25.1 Å². The molecule has 0 radical (unpaired) electrons. The molecular formula is C12H16N6O2S. The number of aryl methyl sites for hydroxylation is 2. The van der Waals surface area contributed by atoms with Crippen molar-refractivity contribution in [1.29, 1.82) is 0 Å². The maximum absolute atomic E-state index is 12.0. The van der Waals surface area contributed by atoms with E-state index >= 15 is 0 Å². The summed E-state index contributed by atoms with van der Waals surface area (Å²) in [7, 11) is 0. The van der Waals surface area contributed by atoms with Gasteiger partial charge in [0.1, 0.15) is 11.6 Å². The van der Waals surface area contributed by atoms with Crippen LogP contribution in [0.2, 0.25) is 0 Å². The number of anilines is 1. The smallest absolute Gasteiger partial charge is 0.348 e. The van der Waals surface area contributed by atoms with E-state index in [-0.39, 0.29) is 18.5 Å². The average molecular weight is 308 g/mol. The molecule has 2 rings (SSSR count). The molecule has 8 nitrogen and oxygen atoms in total. The quantitative estimate of drug-likeness (QED) is 0.832. The summed E-state index contributed by atoms with van der Waals surface area (Å²) < 4.78 is 1.32. The molecule has 0 spiro atoms. The van der Waals surface area contributed by atoms with E-state index in [4.69, 9.17) is 5.73 Å². The lowest BCUT2D eigenvalue weighted by atomic mass is 10.3. The molecule has 0 aliphatic rings. The lowest BCUT2D eigenvalue weighted by Crippen LogP contribution is -2.35. The van der Waals surface area contributed by atoms with E-state index in [9.17, 15) is 9.59 Å². The molecule has 112 valence electrons. The summed E-state index contributed by atoms with van der Waals surface area (Å²) in [5.41, 5.74) is 6.39. The van der Waals surface area contributed by atoms with Gasteiger partial charge in [0.25, 0.3) is 0 Å². The van der Waals surface area contributed by atoms with E-state index in [1.54, 1.807) is 26.8 Å². The highest BCUT2D eigenvalue weighted by Gasteiger charge is 2.15. The Morgan fingerprint density at radius 3 is 2.76 bits per heavy atom. The number of nitrogens with one attached hydrogen (secondary N) is 1. The summed E-state index contributed by atoms with van der Waals surface area (Å²) in [6.07, 6.45) is 0. The van der Waals surface area contributed by atoms with E-state index in [2.05, 4.69) is 20.5 Å². The zero-order chi connectivity index (χ0) is 15.6. The van der Waals surface area contributed by atoms with Gasteiger partial charge in [0.15, 0.2) is 0 Å². The summed E-state index contributed by atoms with van der Waals surface area (Å²) in [5, 5.41) is 11.3. The van der Waals surface area contributed by atoms with Crippen molar-refractivity contribution in [3.8, 4) is 0 Å². The van der Waals surface area contributed by atoms with Crippen molar-refractivity contribution < 1.29 is 4.79 Å².